The zero-order valence-electron chi connectivity index (χ0n) is 12.9. The van der Waals surface area contributed by atoms with E-state index in [0.717, 1.165) is 23.0 Å². The van der Waals surface area contributed by atoms with Crippen LogP contribution < -0.4 is 10.6 Å². The fraction of sp³-hybridized carbons (Fsp3) is 0.222. The van der Waals surface area contributed by atoms with Crippen molar-refractivity contribution in [2.45, 2.75) is 19.8 Å². The van der Waals surface area contributed by atoms with Crippen LogP contribution in [0.4, 0.5) is 5.69 Å². The molecular formula is C18H19BrN2O2. The molecule has 0 aliphatic rings. The number of benzene rings is 2. The molecule has 5 heteroatoms. The zero-order valence-corrected chi connectivity index (χ0v) is 14.5. The monoisotopic (exact) mass is 374 g/mol. The third-order valence-electron chi connectivity index (χ3n) is 3.29. The van der Waals surface area contributed by atoms with Crippen LogP contribution in [0.15, 0.2) is 53.0 Å². The molecule has 4 nitrogen and oxygen atoms in total. The van der Waals surface area contributed by atoms with Gasteiger partial charge >= 0.3 is 0 Å². The largest absolute Gasteiger partial charge is 0.343 e. The van der Waals surface area contributed by atoms with E-state index >= 15 is 0 Å². The minimum absolute atomic E-state index is 0.0639. The van der Waals surface area contributed by atoms with Crippen LogP contribution in [0.25, 0.3) is 0 Å². The summed E-state index contributed by atoms with van der Waals surface area (Å²) in [6.07, 6.45) is 2.12. The number of anilines is 1. The molecule has 0 aliphatic heterocycles. The molecule has 23 heavy (non-hydrogen) atoms. The van der Waals surface area contributed by atoms with Gasteiger partial charge in [0.2, 0.25) is 5.91 Å². The fourth-order valence-corrected chi connectivity index (χ4v) is 2.38. The predicted molar refractivity (Wildman–Crippen MR) is 95.5 cm³/mol. The smallest absolute Gasteiger partial charge is 0.251 e. The molecule has 2 N–H and O–H groups in total. The number of hydrogen-bond donors (Lipinski definition) is 2. The van der Waals surface area contributed by atoms with E-state index < -0.39 is 0 Å². The topological polar surface area (TPSA) is 58.2 Å². The lowest BCUT2D eigenvalue weighted by atomic mass is 10.1. The van der Waals surface area contributed by atoms with Gasteiger partial charge in [0, 0.05) is 15.7 Å². The van der Waals surface area contributed by atoms with E-state index in [9.17, 15) is 9.59 Å². The van der Waals surface area contributed by atoms with E-state index in [1.54, 1.807) is 24.3 Å². The lowest BCUT2D eigenvalue weighted by Gasteiger charge is -2.08. The van der Waals surface area contributed by atoms with Crippen molar-refractivity contribution >= 4 is 33.4 Å². The summed E-state index contributed by atoms with van der Waals surface area (Å²) in [5.41, 5.74) is 2.49. The quantitative estimate of drug-likeness (QED) is 0.808. The molecule has 0 atom stereocenters. The van der Waals surface area contributed by atoms with Gasteiger partial charge in [-0.1, -0.05) is 41.4 Å². The second kappa shape index (κ2) is 8.48. The Balaban J connectivity index is 1.82. The highest BCUT2D eigenvalue weighted by molar-refractivity contribution is 9.10. The van der Waals surface area contributed by atoms with Crippen molar-refractivity contribution in [1.29, 1.82) is 0 Å². The van der Waals surface area contributed by atoms with Gasteiger partial charge in [-0.15, -0.1) is 0 Å². The van der Waals surface area contributed by atoms with Crippen LogP contribution in [-0.4, -0.2) is 18.4 Å². The molecule has 0 radical (unpaired) electrons. The second-order valence-electron chi connectivity index (χ2n) is 5.18. The summed E-state index contributed by atoms with van der Waals surface area (Å²) in [7, 11) is 0. The van der Waals surface area contributed by atoms with Crippen LogP contribution in [0, 0.1) is 0 Å². The number of rotatable bonds is 6. The number of carbonyl (C=O) groups is 2. The van der Waals surface area contributed by atoms with Crippen molar-refractivity contribution in [2.24, 2.45) is 0 Å². The first-order chi connectivity index (χ1) is 11.1. The van der Waals surface area contributed by atoms with Crippen molar-refractivity contribution in [2.75, 3.05) is 11.9 Å². The summed E-state index contributed by atoms with van der Waals surface area (Å²) in [5.74, 6) is -0.523. The van der Waals surface area contributed by atoms with Gasteiger partial charge in [0.15, 0.2) is 0 Å². The van der Waals surface area contributed by atoms with E-state index in [-0.39, 0.29) is 18.4 Å². The van der Waals surface area contributed by atoms with Crippen molar-refractivity contribution in [3.63, 3.8) is 0 Å². The lowest BCUT2D eigenvalue weighted by Crippen LogP contribution is -2.32. The van der Waals surface area contributed by atoms with Crippen molar-refractivity contribution < 1.29 is 9.59 Å². The van der Waals surface area contributed by atoms with Crippen molar-refractivity contribution in [1.82, 2.24) is 5.32 Å². The number of hydrogen-bond acceptors (Lipinski definition) is 2. The normalized spacial score (nSPS) is 10.2. The van der Waals surface area contributed by atoms with Gasteiger partial charge in [0.25, 0.3) is 5.91 Å². The van der Waals surface area contributed by atoms with E-state index in [2.05, 4.69) is 33.5 Å². The second-order valence-corrected chi connectivity index (χ2v) is 6.10. The maximum atomic E-state index is 11.9. The fourth-order valence-electron chi connectivity index (χ4n) is 2.11. The summed E-state index contributed by atoms with van der Waals surface area (Å²) in [4.78, 5) is 23.8. The maximum absolute atomic E-state index is 11.9. The Morgan fingerprint density at radius 3 is 2.26 bits per heavy atom. The molecule has 2 aromatic rings. The van der Waals surface area contributed by atoms with E-state index in [0.29, 0.717) is 5.56 Å². The van der Waals surface area contributed by atoms with E-state index in [1.807, 2.05) is 24.3 Å². The Labute approximate surface area is 144 Å². The number of carbonyl (C=O) groups excluding carboxylic acids is 2. The molecule has 0 spiro atoms. The molecule has 0 saturated carbocycles. The summed E-state index contributed by atoms with van der Waals surface area (Å²) in [5, 5.41) is 5.37. The number of halogens is 1. The number of nitrogens with one attached hydrogen (secondary N) is 2. The summed E-state index contributed by atoms with van der Waals surface area (Å²) < 4.78 is 0.901. The van der Waals surface area contributed by atoms with Gasteiger partial charge in [-0.3, -0.25) is 9.59 Å². The van der Waals surface area contributed by atoms with Gasteiger partial charge in [0.1, 0.15) is 0 Å². The average Bonchev–Trinajstić information content (AvgIpc) is 2.55. The lowest BCUT2D eigenvalue weighted by molar-refractivity contribution is -0.115. The van der Waals surface area contributed by atoms with Crippen LogP contribution in [-0.2, 0) is 11.2 Å². The van der Waals surface area contributed by atoms with Gasteiger partial charge in [-0.25, -0.2) is 0 Å². The first-order valence-electron chi connectivity index (χ1n) is 7.51. The maximum Gasteiger partial charge on any atom is 0.251 e. The molecule has 0 fully saturated rings. The molecule has 2 amide bonds. The Hall–Kier alpha value is -2.14. The van der Waals surface area contributed by atoms with Crippen molar-refractivity contribution in [3.05, 3.63) is 64.1 Å². The average molecular weight is 375 g/mol. The van der Waals surface area contributed by atoms with Crippen LogP contribution in [0.1, 0.15) is 29.3 Å². The number of aryl methyl sites for hydroxylation is 1. The summed E-state index contributed by atoms with van der Waals surface area (Å²) in [6, 6.07) is 14.7. The molecule has 0 aromatic heterocycles. The highest BCUT2D eigenvalue weighted by atomic mass is 79.9. The summed E-state index contributed by atoms with van der Waals surface area (Å²) >= 11 is 3.31. The third-order valence-corrected chi connectivity index (χ3v) is 3.82. The van der Waals surface area contributed by atoms with E-state index in [1.165, 1.54) is 5.56 Å². The zero-order chi connectivity index (χ0) is 16.7. The van der Waals surface area contributed by atoms with Crippen molar-refractivity contribution in [3.8, 4) is 0 Å². The minimum atomic E-state index is -0.272. The Morgan fingerprint density at radius 2 is 1.65 bits per heavy atom. The third kappa shape index (κ3) is 5.53. The molecule has 0 aliphatic carbocycles. The highest BCUT2D eigenvalue weighted by Gasteiger charge is 2.08. The minimum Gasteiger partial charge on any atom is -0.343 e. The first-order valence-corrected chi connectivity index (χ1v) is 8.30. The van der Waals surface area contributed by atoms with Gasteiger partial charge in [-0.05, 0) is 48.4 Å². The molecule has 2 rings (SSSR count). The Bertz CT molecular complexity index is 666. The van der Waals surface area contributed by atoms with Gasteiger partial charge in [0.05, 0.1) is 6.54 Å². The SMILES string of the molecule is CCCc1ccc(NC(=O)CNC(=O)c2ccc(Br)cc2)cc1. The Morgan fingerprint density at radius 1 is 1.00 bits per heavy atom. The molecule has 0 heterocycles. The standard InChI is InChI=1S/C18H19BrN2O2/c1-2-3-13-4-10-16(11-5-13)21-17(22)12-20-18(23)14-6-8-15(19)9-7-14/h4-11H,2-3,12H2,1H3,(H,20,23)(H,21,22). The Kier molecular flexibility index (Phi) is 6.35. The molecule has 0 bridgehead atoms. The molecule has 2 aromatic carbocycles. The van der Waals surface area contributed by atoms with Crippen LogP contribution in [0.5, 0.6) is 0 Å². The van der Waals surface area contributed by atoms with Gasteiger partial charge < -0.3 is 10.6 Å². The molecule has 120 valence electrons. The predicted octanol–water partition coefficient (Wildman–Crippen LogP) is 3.77. The number of amides is 2. The summed E-state index contributed by atoms with van der Waals surface area (Å²) in [6.45, 7) is 2.06. The van der Waals surface area contributed by atoms with Crippen LogP contribution in [0.2, 0.25) is 0 Å². The van der Waals surface area contributed by atoms with Gasteiger partial charge in [-0.2, -0.15) is 0 Å². The van der Waals surface area contributed by atoms with Crippen LogP contribution in [0.3, 0.4) is 0 Å². The first kappa shape index (κ1) is 17.2. The molecule has 0 unspecified atom stereocenters. The highest BCUT2D eigenvalue weighted by Crippen LogP contribution is 2.11. The van der Waals surface area contributed by atoms with E-state index in [4.69, 9.17) is 0 Å². The molecular weight excluding hydrogens is 356 g/mol. The molecule has 0 saturated heterocycles. The van der Waals surface area contributed by atoms with Crippen LogP contribution >= 0.6 is 15.9 Å².